The van der Waals surface area contributed by atoms with Gasteiger partial charge in [0.25, 0.3) is 0 Å². The Bertz CT molecular complexity index is 927. The minimum atomic E-state index is -0.391. The molecule has 1 atom stereocenters. The first-order valence-corrected chi connectivity index (χ1v) is 10.7. The molecule has 0 N–H and O–H groups in total. The average Bonchev–Trinajstić information content (AvgIpc) is 3.38. The number of nitrogens with zero attached hydrogens (tertiary/aromatic N) is 3. The Balaban J connectivity index is 1.71. The van der Waals surface area contributed by atoms with Crippen LogP contribution in [0.2, 0.25) is 0 Å². The van der Waals surface area contributed by atoms with E-state index >= 15 is 0 Å². The smallest absolute Gasteiger partial charge is 0.338 e. The van der Waals surface area contributed by atoms with Gasteiger partial charge in [0.15, 0.2) is 5.17 Å². The number of esters is 1. The van der Waals surface area contributed by atoms with Crippen LogP contribution in [0.1, 0.15) is 43.4 Å². The van der Waals surface area contributed by atoms with Crippen LogP contribution in [-0.4, -0.2) is 47.0 Å². The fraction of sp³-hybridized carbons (Fsp3) is 0.409. The van der Waals surface area contributed by atoms with Crippen LogP contribution in [0.15, 0.2) is 51.6 Å². The molecule has 152 valence electrons. The summed E-state index contributed by atoms with van der Waals surface area (Å²) < 4.78 is 5.09. The van der Waals surface area contributed by atoms with E-state index in [-0.39, 0.29) is 11.9 Å². The quantitative estimate of drug-likeness (QED) is 0.706. The first-order chi connectivity index (χ1) is 14.0. The molecule has 29 heavy (non-hydrogen) atoms. The number of fused-ring (bicyclic) bond motifs is 1. The van der Waals surface area contributed by atoms with Crippen LogP contribution in [0.5, 0.6) is 0 Å². The molecule has 4 rings (SSSR count). The van der Waals surface area contributed by atoms with Crippen LogP contribution >= 0.6 is 11.8 Å². The standard InChI is InChI=1S/C22H25N3O3S/c1-14-6-8-16(9-7-14)20-19(21(27)28-3)15(2)23-22-25(20)17(13-29-22)12-18(26)24-10-4-5-11-24/h6-9,13,20H,4-5,10-12H2,1-3H3. The third-order valence-corrected chi connectivity index (χ3v) is 6.48. The minimum Gasteiger partial charge on any atom is -0.466 e. The third-order valence-electron chi connectivity index (χ3n) is 5.59. The van der Waals surface area contributed by atoms with E-state index in [9.17, 15) is 9.59 Å². The molecule has 6 nitrogen and oxygen atoms in total. The van der Waals surface area contributed by atoms with Crippen LogP contribution in [0, 0.1) is 6.92 Å². The maximum atomic E-state index is 12.8. The number of thioether (sulfide) groups is 1. The Kier molecular flexibility index (Phi) is 5.50. The Morgan fingerprint density at radius 1 is 1.17 bits per heavy atom. The fourth-order valence-electron chi connectivity index (χ4n) is 4.04. The first-order valence-electron chi connectivity index (χ1n) is 9.86. The lowest BCUT2D eigenvalue weighted by Crippen LogP contribution is -2.38. The molecule has 0 saturated carbocycles. The average molecular weight is 412 g/mol. The molecule has 0 aromatic heterocycles. The van der Waals surface area contributed by atoms with Gasteiger partial charge in [-0.3, -0.25) is 4.79 Å². The van der Waals surface area contributed by atoms with Gasteiger partial charge in [0.2, 0.25) is 5.91 Å². The lowest BCUT2D eigenvalue weighted by atomic mass is 9.93. The second-order valence-corrected chi connectivity index (χ2v) is 8.40. The number of allylic oxidation sites excluding steroid dienone is 1. The van der Waals surface area contributed by atoms with Gasteiger partial charge in [-0.2, -0.15) is 0 Å². The van der Waals surface area contributed by atoms with E-state index in [1.54, 1.807) is 0 Å². The van der Waals surface area contributed by atoms with E-state index in [0.717, 1.165) is 47.9 Å². The topological polar surface area (TPSA) is 62.2 Å². The molecule has 3 aliphatic heterocycles. The number of ether oxygens (including phenoxy) is 1. The number of amidine groups is 1. The molecule has 3 aliphatic rings. The Morgan fingerprint density at radius 3 is 2.52 bits per heavy atom. The lowest BCUT2D eigenvalue weighted by molar-refractivity contribution is -0.136. The van der Waals surface area contributed by atoms with Gasteiger partial charge in [0.1, 0.15) is 0 Å². The van der Waals surface area contributed by atoms with E-state index in [0.29, 0.717) is 17.7 Å². The highest BCUT2D eigenvalue weighted by atomic mass is 32.2. The zero-order valence-electron chi connectivity index (χ0n) is 17.0. The van der Waals surface area contributed by atoms with Crippen molar-refractivity contribution < 1.29 is 14.3 Å². The SMILES string of the molecule is COC(=O)C1=C(C)N=C2SC=C(CC(=O)N3CCCC3)N2C1c1ccc(C)cc1. The van der Waals surface area contributed by atoms with Crippen molar-refractivity contribution in [1.82, 2.24) is 9.80 Å². The summed E-state index contributed by atoms with van der Waals surface area (Å²) >= 11 is 1.50. The highest BCUT2D eigenvalue weighted by Gasteiger charge is 2.41. The molecule has 1 fully saturated rings. The van der Waals surface area contributed by atoms with Crippen molar-refractivity contribution in [3.05, 3.63) is 57.8 Å². The Labute approximate surface area is 175 Å². The third kappa shape index (κ3) is 3.71. The van der Waals surface area contributed by atoms with E-state index in [2.05, 4.69) is 4.99 Å². The summed E-state index contributed by atoms with van der Waals surface area (Å²) in [6.07, 6.45) is 2.44. The van der Waals surface area contributed by atoms with Crippen molar-refractivity contribution >= 4 is 28.8 Å². The van der Waals surface area contributed by atoms with Gasteiger partial charge in [-0.15, -0.1) is 0 Å². The summed E-state index contributed by atoms with van der Waals surface area (Å²) in [7, 11) is 1.39. The van der Waals surface area contributed by atoms with Gasteiger partial charge in [0, 0.05) is 18.8 Å². The summed E-state index contributed by atoms with van der Waals surface area (Å²) in [5.74, 6) is -0.262. The summed E-state index contributed by atoms with van der Waals surface area (Å²) in [5, 5.41) is 2.78. The number of aryl methyl sites for hydroxylation is 1. The number of carbonyl (C=O) groups excluding carboxylic acids is 2. The predicted molar refractivity (Wildman–Crippen MR) is 114 cm³/mol. The molecular formula is C22H25N3O3S. The Morgan fingerprint density at radius 2 is 1.86 bits per heavy atom. The molecule has 1 unspecified atom stereocenters. The molecule has 1 aromatic carbocycles. The molecule has 1 amide bonds. The molecule has 0 radical (unpaired) electrons. The summed E-state index contributed by atoms with van der Waals surface area (Å²) in [6, 6.07) is 7.77. The van der Waals surface area contributed by atoms with Crippen LogP contribution in [0.3, 0.4) is 0 Å². The number of hydrogen-bond acceptors (Lipinski definition) is 6. The van der Waals surface area contributed by atoms with Crippen LogP contribution in [0.25, 0.3) is 0 Å². The van der Waals surface area contributed by atoms with Crippen LogP contribution in [-0.2, 0) is 14.3 Å². The normalized spacial score (nSPS) is 21.1. The fourth-order valence-corrected chi connectivity index (χ4v) is 5.00. The van der Waals surface area contributed by atoms with Gasteiger partial charge in [-0.25, -0.2) is 9.79 Å². The Hall–Kier alpha value is -2.54. The number of likely N-dealkylation sites (tertiary alicyclic amines) is 1. The number of aliphatic imine (C=N–C) groups is 1. The van der Waals surface area contributed by atoms with Gasteiger partial charge >= 0.3 is 5.97 Å². The van der Waals surface area contributed by atoms with E-state index in [1.165, 1.54) is 18.9 Å². The highest BCUT2D eigenvalue weighted by molar-refractivity contribution is 8.16. The van der Waals surface area contributed by atoms with Gasteiger partial charge < -0.3 is 14.5 Å². The number of methoxy groups -OCH3 is 1. The zero-order valence-corrected chi connectivity index (χ0v) is 17.8. The molecular weight excluding hydrogens is 386 g/mol. The van der Waals surface area contributed by atoms with Crippen molar-refractivity contribution in [3.8, 4) is 0 Å². The van der Waals surface area contributed by atoms with Crippen LogP contribution < -0.4 is 0 Å². The maximum Gasteiger partial charge on any atom is 0.338 e. The molecule has 0 spiro atoms. The second-order valence-electron chi connectivity index (χ2n) is 7.56. The van der Waals surface area contributed by atoms with E-state index in [4.69, 9.17) is 4.74 Å². The number of amides is 1. The second kappa shape index (κ2) is 8.06. The zero-order chi connectivity index (χ0) is 20.5. The van der Waals surface area contributed by atoms with Gasteiger partial charge in [-0.1, -0.05) is 41.6 Å². The number of hydrogen-bond donors (Lipinski definition) is 0. The van der Waals surface area contributed by atoms with Gasteiger partial charge in [-0.05, 0) is 37.7 Å². The predicted octanol–water partition coefficient (Wildman–Crippen LogP) is 3.76. The largest absolute Gasteiger partial charge is 0.466 e. The first kappa shape index (κ1) is 19.8. The summed E-state index contributed by atoms with van der Waals surface area (Å²) in [4.78, 5) is 34.1. The van der Waals surface area contributed by atoms with Crippen molar-refractivity contribution in [2.45, 2.75) is 39.2 Å². The monoisotopic (exact) mass is 411 g/mol. The minimum absolute atomic E-state index is 0.129. The van der Waals surface area contributed by atoms with E-state index < -0.39 is 5.97 Å². The molecule has 0 aliphatic carbocycles. The van der Waals surface area contributed by atoms with Crippen molar-refractivity contribution in [2.75, 3.05) is 20.2 Å². The van der Waals surface area contributed by atoms with Crippen molar-refractivity contribution in [3.63, 3.8) is 0 Å². The number of rotatable bonds is 4. The molecule has 1 aromatic rings. The maximum absolute atomic E-state index is 12.8. The lowest BCUT2D eigenvalue weighted by Gasteiger charge is -2.36. The van der Waals surface area contributed by atoms with Crippen LogP contribution in [0.4, 0.5) is 0 Å². The summed E-state index contributed by atoms with van der Waals surface area (Å²) in [6.45, 7) is 5.53. The molecule has 1 saturated heterocycles. The number of carbonyl (C=O) groups is 2. The summed E-state index contributed by atoms with van der Waals surface area (Å²) in [5.41, 5.74) is 4.17. The van der Waals surface area contributed by atoms with Gasteiger partial charge in [0.05, 0.1) is 30.8 Å². The number of benzene rings is 1. The van der Waals surface area contributed by atoms with Crippen molar-refractivity contribution in [2.24, 2.45) is 4.99 Å². The van der Waals surface area contributed by atoms with E-state index in [1.807, 2.05) is 53.3 Å². The highest BCUT2D eigenvalue weighted by Crippen LogP contribution is 2.45. The molecule has 3 heterocycles. The van der Waals surface area contributed by atoms with Crippen molar-refractivity contribution in [1.29, 1.82) is 0 Å². The molecule has 0 bridgehead atoms. The molecule has 7 heteroatoms.